The van der Waals surface area contributed by atoms with Crippen molar-refractivity contribution >= 4 is 5.91 Å². The third-order valence-electron chi connectivity index (χ3n) is 3.48. The van der Waals surface area contributed by atoms with E-state index in [2.05, 4.69) is 4.98 Å². The lowest BCUT2D eigenvalue weighted by atomic mass is 9.90. The van der Waals surface area contributed by atoms with E-state index in [1.165, 1.54) is 18.2 Å². The fraction of sp³-hybridized carbons (Fsp3) is 0.538. The molecule has 0 saturated carbocycles. The number of methoxy groups -OCH3 is 1. The Morgan fingerprint density at radius 1 is 1.58 bits per heavy atom. The van der Waals surface area contributed by atoms with E-state index in [0.29, 0.717) is 24.4 Å². The Bertz CT molecular complexity index is 458. The fourth-order valence-electron chi connectivity index (χ4n) is 2.02. The lowest BCUT2D eigenvalue weighted by molar-refractivity contribution is -0.0999. The van der Waals surface area contributed by atoms with Crippen molar-refractivity contribution in [1.82, 2.24) is 9.88 Å². The molecule has 19 heavy (non-hydrogen) atoms. The van der Waals surface area contributed by atoms with Crippen LogP contribution in [0.3, 0.4) is 0 Å². The van der Waals surface area contributed by atoms with Crippen molar-refractivity contribution in [3.63, 3.8) is 0 Å². The summed E-state index contributed by atoms with van der Waals surface area (Å²) in [6.45, 7) is 2.11. The van der Waals surface area contributed by atoms with E-state index in [0.717, 1.165) is 0 Å². The largest absolute Gasteiger partial charge is 0.481 e. The average Bonchev–Trinajstić information content (AvgIpc) is 2.41. The number of aromatic nitrogens is 1. The Balaban J connectivity index is 2.08. The van der Waals surface area contributed by atoms with Crippen molar-refractivity contribution in [2.24, 2.45) is 0 Å². The molecule has 1 aromatic heterocycles. The molecular formula is C13H18N2O4. The zero-order valence-corrected chi connectivity index (χ0v) is 11.0. The van der Waals surface area contributed by atoms with Crippen LogP contribution in [0, 0.1) is 0 Å². The number of carbonyl (C=O) groups is 1. The zero-order chi connectivity index (χ0) is 14.0. The molecule has 1 aromatic rings. The highest BCUT2D eigenvalue weighted by molar-refractivity contribution is 5.94. The number of hydrogen-bond donors (Lipinski definition) is 2. The van der Waals surface area contributed by atoms with Crippen LogP contribution in [0.1, 0.15) is 23.7 Å². The van der Waals surface area contributed by atoms with Crippen LogP contribution < -0.4 is 4.74 Å². The van der Waals surface area contributed by atoms with E-state index in [1.807, 2.05) is 0 Å². The summed E-state index contributed by atoms with van der Waals surface area (Å²) in [7, 11) is 1.51. The number of rotatable bonds is 2. The molecule has 0 aliphatic carbocycles. The van der Waals surface area contributed by atoms with Crippen molar-refractivity contribution < 1.29 is 19.7 Å². The van der Waals surface area contributed by atoms with Gasteiger partial charge in [0.15, 0.2) is 0 Å². The zero-order valence-electron chi connectivity index (χ0n) is 11.0. The summed E-state index contributed by atoms with van der Waals surface area (Å²) < 4.78 is 4.93. The first kappa shape index (κ1) is 13.8. The van der Waals surface area contributed by atoms with Crippen LogP contribution in [-0.4, -0.2) is 57.9 Å². The summed E-state index contributed by atoms with van der Waals surface area (Å²) in [5, 5.41) is 19.7. The van der Waals surface area contributed by atoms with E-state index >= 15 is 0 Å². The first-order chi connectivity index (χ1) is 8.94. The minimum atomic E-state index is -1.13. The summed E-state index contributed by atoms with van der Waals surface area (Å²) in [6, 6.07) is 3.25. The molecular weight excluding hydrogens is 248 g/mol. The predicted molar refractivity (Wildman–Crippen MR) is 67.9 cm³/mol. The van der Waals surface area contributed by atoms with Gasteiger partial charge in [-0.3, -0.25) is 4.79 Å². The molecule has 2 rings (SSSR count). The highest BCUT2D eigenvalue weighted by atomic mass is 16.5. The molecule has 1 aliphatic rings. The number of amides is 1. The number of pyridine rings is 1. The second kappa shape index (κ2) is 5.14. The van der Waals surface area contributed by atoms with E-state index in [-0.39, 0.29) is 12.5 Å². The fourth-order valence-corrected chi connectivity index (χ4v) is 2.02. The minimum absolute atomic E-state index is 0.123. The molecule has 2 atom stereocenters. The van der Waals surface area contributed by atoms with Gasteiger partial charge >= 0.3 is 0 Å². The predicted octanol–water partition coefficient (Wildman–Crippen LogP) is 0.0480. The van der Waals surface area contributed by atoms with Gasteiger partial charge in [-0.05, 0) is 19.4 Å². The van der Waals surface area contributed by atoms with Crippen LogP contribution in [0.4, 0.5) is 0 Å². The Labute approximate surface area is 111 Å². The van der Waals surface area contributed by atoms with E-state index in [9.17, 15) is 15.0 Å². The molecule has 6 heteroatoms. The van der Waals surface area contributed by atoms with Gasteiger partial charge in [0.1, 0.15) is 0 Å². The normalized spacial score (nSPS) is 27.2. The molecule has 1 aliphatic heterocycles. The summed E-state index contributed by atoms with van der Waals surface area (Å²) in [5.74, 6) is 0.239. The Morgan fingerprint density at radius 3 is 2.84 bits per heavy atom. The van der Waals surface area contributed by atoms with E-state index < -0.39 is 11.7 Å². The van der Waals surface area contributed by atoms with Crippen LogP contribution >= 0.6 is 0 Å². The second-order valence-corrected chi connectivity index (χ2v) is 4.96. The number of hydrogen-bond acceptors (Lipinski definition) is 5. The monoisotopic (exact) mass is 266 g/mol. The van der Waals surface area contributed by atoms with Crippen molar-refractivity contribution in [2.75, 3.05) is 20.2 Å². The van der Waals surface area contributed by atoms with Crippen LogP contribution in [0.25, 0.3) is 0 Å². The average molecular weight is 266 g/mol. The van der Waals surface area contributed by atoms with Gasteiger partial charge in [-0.25, -0.2) is 4.98 Å². The molecule has 0 radical (unpaired) electrons. The number of aliphatic hydroxyl groups is 2. The summed E-state index contributed by atoms with van der Waals surface area (Å²) in [5.41, 5.74) is -0.691. The van der Waals surface area contributed by atoms with Gasteiger partial charge in [0.05, 0.1) is 24.4 Å². The third kappa shape index (κ3) is 2.85. The lowest BCUT2D eigenvalue weighted by Gasteiger charge is -2.39. The van der Waals surface area contributed by atoms with Crippen LogP contribution in [0.2, 0.25) is 0 Å². The maximum atomic E-state index is 12.2. The van der Waals surface area contributed by atoms with Gasteiger partial charge in [0.2, 0.25) is 5.88 Å². The Morgan fingerprint density at radius 2 is 2.32 bits per heavy atom. The number of nitrogens with zero attached hydrogens (tertiary/aromatic N) is 2. The van der Waals surface area contributed by atoms with E-state index in [1.54, 1.807) is 19.1 Å². The summed E-state index contributed by atoms with van der Waals surface area (Å²) in [6.07, 6.45) is 0.862. The highest BCUT2D eigenvalue weighted by Gasteiger charge is 2.38. The molecule has 0 aromatic carbocycles. The quantitative estimate of drug-likeness (QED) is 0.790. The van der Waals surface area contributed by atoms with Gasteiger partial charge in [-0.15, -0.1) is 0 Å². The molecule has 6 nitrogen and oxygen atoms in total. The first-order valence-corrected chi connectivity index (χ1v) is 6.14. The van der Waals surface area contributed by atoms with Gasteiger partial charge in [0.25, 0.3) is 5.91 Å². The van der Waals surface area contributed by atoms with Crippen LogP contribution in [0.5, 0.6) is 5.88 Å². The molecule has 2 heterocycles. The Kier molecular flexibility index (Phi) is 3.73. The topological polar surface area (TPSA) is 82.9 Å². The van der Waals surface area contributed by atoms with Gasteiger partial charge < -0.3 is 19.8 Å². The molecule has 0 spiro atoms. The number of piperidine rings is 1. The minimum Gasteiger partial charge on any atom is -0.481 e. The number of ether oxygens (including phenoxy) is 1. The van der Waals surface area contributed by atoms with E-state index in [4.69, 9.17) is 4.74 Å². The number of likely N-dealkylation sites (tertiary alicyclic amines) is 1. The van der Waals surface area contributed by atoms with Crippen LogP contribution in [-0.2, 0) is 0 Å². The molecule has 1 amide bonds. The molecule has 0 unspecified atom stereocenters. The summed E-state index contributed by atoms with van der Waals surface area (Å²) >= 11 is 0. The molecule has 2 N–H and O–H groups in total. The Hall–Kier alpha value is -1.66. The molecule has 0 bridgehead atoms. The highest BCUT2D eigenvalue weighted by Crippen LogP contribution is 2.23. The maximum absolute atomic E-state index is 12.2. The first-order valence-electron chi connectivity index (χ1n) is 6.14. The van der Waals surface area contributed by atoms with Gasteiger partial charge in [0, 0.05) is 25.4 Å². The SMILES string of the molecule is COc1ccc(C(=O)N2CC[C@@](C)(O)[C@@H](O)C2)cn1. The summed E-state index contributed by atoms with van der Waals surface area (Å²) in [4.78, 5) is 17.7. The second-order valence-electron chi connectivity index (χ2n) is 4.96. The standard InChI is InChI=1S/C13H18N2O4/c1-13(18)5-6-15(8-10(13)16)12(17)9-3-4-11(19-2)14-7-9/h3-4,7,10,16,18H,5-6,8H2,1-2H3/t10-,13+/m0/s1. The smallest absolute Gasteiger partial charge is 0.255 e. The van der Waals surface area contributed by atoms with Crippen molar-refractivity contribution in [3.8, 4) is 5.88 Å². The molecule has 104 valence electrons. The van der Waals surface area contributed by atoms with Gasteiger partial charge in [-0.1, -0.05) is 0 Å². The molecule has 1 fully saturated rings. The molecule has 1 saturated heterocycles. The third-order valence-corrected chi connectivity index (χ3v) is 3.48. The number of β-amino-alcohol motifs (C(OH)–C–C–N with tert-alkyl or cyclic N) is 1. The van der Waals surface area contributed by atoms with Gasteiger partial charge in [-0.2, -0.15) is 0 Å². The maximum Gasteiger partial charge on any atom is 0.255 e. The van der Waals surface area contributed by atoms with Crippen molar-refractivity contribution in [2.45, 2.75) is 25.0 Å². The van der Waals surface area contributed by atoms with Crippen molar-refractivity contribution in [3.05, 3.63) is 23.9 Å². The lowest BCUT2D eigenvalue weighted by Crippen LogP contribution is -2.55. The van der Waals surface area contributed by atoms with Crippen LogP contribution in [0.15, 0.2) is 18.3 Å². The number of carbonyl (C=O) groups excluding carboxylic acids is 1. The van der Waals surface area contributed by atoms with Crippen molar-refractivity contribution in [1.29, 1.82) is 0 Å². The number of aliphatic hydroxyl groups excluding tert-OH is 1.